The van der Waals surface area contributed by atoms with Gasteiger partial charge in [-0.25, -0.2) is 0 Å². The lowest BCUT2D eigenvalue weighted by atomic mass is 10.2. The summed E-state index contributed by atoms with van der Waals surface area (Å²) in [4.78, 5) is 22.0. The van der Waals surface area contributed by atoms with Crippen LogP contribution in [0.1, 0.15) is 19.4 Å². The number of ether oxygens (including phenoxy) is 1. The van der Waals surface area contributed by atoms with E-state index in [2.05, 4.69) is 5.32 Å². The predicted molar refractivity (Wildman–Crippen MR) is 71.9 cm³/mol. The first-order valence-corrected chi connectivity index (χ1v) is 5.97. The van der Waals surface area contributed by atoms with E-state index in [-0.39, 0.29) is 0 Å². The van der Waals surface area contributed by atoms with E-state index in [4.69, 9.17) is 9.84 Å². The Hall–Kier alpha value is -2.30. The Labute approximate surface area is 111 Å². The number of carboxylic acids is 1. The molecule has 1 aromatic carbocycles. The van der Waals surface area contributed by atoms with Crippen molar-refractivity contribution >= 4 is 18.0 Å². The summed E-state index contributed by atoms with van der Waals surface area (Å²) in [6, 6.07) is 6.34. The van der Waals surface area contributed by atoms with Gasteiger partial charge in [-0.2, -0.15) is 0 Å². The van der Waals surface area contributed by atoms with Gasteiger partial charge in [0.05, 0.1) is 6.61 Å². The maximum absolute atomic E-state index is 11.4. The van der Waals surface area contributed by atoms with Gasteiger partial charge in [-0.15, -0.1) is 0 Å². The van der Waals surface area contributed by atoms with Crippen LogP contribution >= 0.6 is 0 Å². The van der Waals surface area contributed by atoms with Gasteiger partial charge in [-0.1, -0.05) is 12.1 Å². The molecule has 0 aliphatic rings. The van der Waals surface area contributed by atoms with E-state index < -0.39 is 17.9 Å². The molecule has 0 aliphatic carbocycles. The van der Waals surface area contributed by atoms with E-state index in [1.54, 1.807) is 18.2 Å². The lowest BCUT2D eigenvalue weighted by Crippen LogP contribution is -2.37. The van der Waals surface area contributed by atoms with Crippen LogP contribution in [-0.4, -0.2) is 29.6 Å². The lowest BCUT2D eigenvalue weighted by Gasteiger charge is -2.06. The highest BCUT2D eigenvalue weighted by atomic mass is 16.5. The molecule has 19 heavy (non-hydrogen) atoms. The molecule has 0 saturated carbocycles. The third kappa shape index (κ3) is 5.25. The number of carboxylic acid groups (broad SMARTS) is 1. The molecule has 0 radical (unpaired) electrons. The van der Waals surface area contributed by atoms with Crippen molar-refractivity contribution in [3.05, 3.63) is 35.9 Å². The molecule has 102 valence electrons. The van der Waals surface area contributed by atoms with Crippen molar-refractivity contribution in [3.63, 3.8) is 0 Å². The molecule has 0 spiro atoms. The zero-order valence-electron chi connectivity index (χ0n) is 10.9. The van der Waals surface area contributed by atoms with Crippen LogP contribution in [0.25, 0.3) is 6.08 Å². The second-order valence-corrected chi connectivity index (χ2v) is 3.90. The number of amides is 1. The Kier molecular flexibility index (Phi) is 5.60. The van der Waals surface area contributed by atoms with E-state index >= 15 is 0 Å². The van der Waals surface area contributed by atoms with Crippen LogP contribution < -0.4 is 10.1 Å². The first-order valence-electron chi connectivity index (χ1n) is 5.97. The molecule has 2 N–H and O–H groups in total. The van der Waals surface area contributed by atoms with E-state index in [9.17, 15) is 9.59 Å². The summed E-state index contributed by atoms with van der Waals surface area (Å²) < 4.78 is 5.30. The second-order valence-electron chi connectivity index (χ2n) is 3.90. The van der Waals surface area contributed by atoms with Gasteiger partial charge >= 0.3 is 5.97 Å². The number of hydrogen-bond acceptors (Lipinski definition) is 3. The van der Waals surface area contributed by atoms with Crippen molar-refractivity contribution < 1.29 is 19.4 Å². The molecule has 0 fully saturated rings. The third-order valence-electron chi connectivity index (χ3n) is 2.35. The zero-order chi connectivity index (χ0) is 14.3. The van der Waals surface area contributed by atoms with Crippen molar-refractivity contribution in [1.29, 1.82) is 0 Å². The summed E-state index contributed by atoms with van der Waals surface area (Å²) in [7, 11) is 0. The maximum Gasteiger partial charge on any atom is 0.325 e. The summed E-state index contributed by atoms with van der Waals surface area (Å²) in [5, 5.41) is 11.0. The SMILES string of the molecule is CCOc1ccc(C=CC(=O)N[C@@H](C)C(=O)O)cc1. The van der Waals surface area contributed by atoms with Crippen molar-refractivity contribution in [1.82, 2.24) is 5.32 Å². The van der Waals surface area contributed by atoms with Crippen LogP contribution in [0.15, 0.2) is 30.3 Å². The topological polar surface area (TPSA) is 75.6 Å². The first-order chi connectivity index (χ1) is 9.02. The zero-order valence-corrected chi connectivity index (χ0v) is 10.9. The molecule has 1 aromatic rings. The smallest absolute Gasteiger partial charge is 0.325 e. The van der Waals surface area contributed by atoms with Gasteiger partial charge in [0.1, 0.15) is 11.8 Å². The summed E-state index contributed by atoms with van der Waals surface area (Å²) in [6.07, 6.45) is 2.91. The van der Waals surface area contributed by atoms with E-state index in [1.807, 2.05) is 19.1 Å². The standard InChI is InChI=1S/C14H17NO4/c1-3-19-12-7-4-11(5-8-12)6-9-13(16)15-10(2)14(17)18/h4-10H,3H2,1-2H3,(H,15,16)(H,17,18)/t10-/m0/s1. The quantitative estimate of drug-likeness (QED) is 0.766. The number of hydrogen-bond donors (Lipinski definition) is 2. The van der Waals surface area contributed by atoms with Gasteiger partial charge in [-0.3, -0.25) is 9.59 Å². The minimum absolute atomic E-state index is 0.441. The molecule has 1 amide bonds. The summed E-state index contributed by atoms with van der Waals surface area (Å²) in [5.74, 6) is -0.741. The molecule has 0 aliphatic heterocycles. The average Bonchev–Trinajstić information content (AvgIpc) is 2.38. The highest BCUT2D eigenvalue weighted by Crippen LogP contribution is 2.12. The molecule has 5 nitrogen and oxygen atoms in total. The molecule has 1 atom stereocenters. The third-order valence-corrected chi connectivity index (χ3v) is 2.35. The van der Waals surface area contributed by atoms with Crippen LogP contribution in [0.5, 0.6) is 5.75 Å². The van der Waals surface area contributed by atoms with Crippen LogP contribution in [0, 0.1) is 0 Å². The van der Waals surface area contributed by atoms with E-state index in [0.29, 0.717) is 6.61 Å². The maximum atomic E-state index is 11.4. The number of benzene rings is 1. The number of nitrogens with one attached hydrogen (secondary N) is 1. The minimum Gasteiger partial charge on any atom is -0.494 e. The molecule has 1 rings (SSSR count). The van der Waals surface area contributed by atoms with Gasteiger partial charge < -0.3 is 15.2 Å². The van der Waals surface area contributed by atoms with Gasteiger partial charge in [0.15, 0.2) is 0 Å². The number of carbonyl (C=O) groups excluding carboxylic acids is 1. The minimum atomic E-state index is -1.07. The van der Waals surface area contributed by atoms with Crippen LogP contribution in [-0.2, 0) is 9.59 Å². The fourth-order valence-corrected chi connectivity index (χ4v) is 1.34. The number of aliphatic carboxylic acids is 1. The molecule has 0 unspecified atom stereocenters. The molecular formula is C14H17NO4. The van der Waals surface area contributed by atoms with E-state index in [0.717, 1.165) is 11.3 Å². The highest BCUT2D eigenvalue weighted by Gasteiger charge is 2.11. The van der Waals surface area contributed by atoms with Crippen molar-refractivity contribution in [2.45, 2.75) is 19.9 Å². The Balaban J connectivity index is 2.56. The molecule has 0 aromatic heterocycles. The molecule has 5 heteroatoms. The summed E-state index contributed by atoms with van der Waals surface area (Å²) >= 11 is 0. The molecule has 0 heterocycles. The molecular weight excluding hydrogens is 246 g/mol. The lowest BCUT2D eigenvalue weighted by molar-refractivity contribution is -0.140. The van der Waals surface area contributed by atoms with Crippen LogP contribution in [0.4, 0.5) is 0 Å². The van der Waals surface area contributed by atoms with Crippen LogP contribution in [0.2, 0.25) is 0 Å². The Morgan fingerprint density at radius 2 is 2.00 bits per heavy atom. The van der Waals surface area contributed by atoms with Crippen molar-refractivity contribution in [2.24, 2.45) is 0 Å². The van der Waals surface area contributed by atoms with E-state index in [1.165, 1.54) is 13.0 Å². The van der Waals surface area contributed by atoms with Gasteiger partial charge in [0, 0.05) is 6.08 Å². The highest BCUT2D eigenvalue weighted by molar-refractivity contribution is 5.94. The average molecular weight is 263 g/mol. The predicted octanol–water partition coefficient (Wildman–Crippen LogP) is 1.69. The summed E-state index contributed by atoms with van der Waals surface area (Å²) in [6.45, 7) is 3.91. The Bertz CT molecular complexity index is 465. The molecule has 0 bridgehead atoms. The van der Waals surface area contributed by atoms with Gasteiger partial charge in [-0.05, 0) is 37.6 Å². The molecule has 0 saturated heterocycles. The van der Waals surface area contributed by atoms with Gasteiger partial charge in [0.2, 0.25) is 5.91 Å². The summed E-state index contributed by atoms with van der Waals surface area (Å²) in [5.41, 5.74) is 0.835. The van der Waals surface area contributed by atoms with Crippen molar-refractivity contribution in [3.8, 4) is 5.75 Å². The van der Waals surface area contributed by atoms with Gasteiger partial charge in [0.25, 0.3) is 0 Å². The Morgan fingerprint density at radius 1 is 1.37 bits per heavy atom. The Morgan fingerprint density at radius 3 is 2.53 bits per heavy atom. The normalized spacial score (nSPS) is 12.1. The van der Waals surface area contributed by atoms with Crippen LogP contribution in [0.3, 0.4) is 0 Å². The fourth-order valence-electron chi connectivity index (χ4n) is 1.34. The number of carbonyl (C=O) groups is 2. The largest absolute Gasteiger partial charge is 0.494 e. The number of rotatable bonds is 6. The second kappa shape index (κ2) is 7.20. The fraction of sp³-hybridized carbons (Fsp3) is 0.286. The monoisotopic (exact) mass is 263 g/mol. The van der Waals surface area contributed by atoms with Crippen molar-refractivity contribution in [2.75, 3.05) is 6.61 Å². The first kappa shape index (κ1) is 14.8.